The van der Waals surface area contributed by atoms with Crippen molar-refractivity contribution in [1.82, 2.24) is 0 Å². The first kappa shape index (κ1) is 17.7. The zero-order chi connectivity index (χ0) is 19.6. The largest absolute Gasteiger partial charge is 0.508 e. The Balaban J connectivity index is 1.32. The average Bonchev–Trinajstić information content (AvgIpc) is 2.57. The molecule has 1 aromatic rings. The van der Waals surface area contributed by atoms with E-state index < -0.39 is 0 Å². The molecule has 6 atom stereocenters. The molecule has 0 aliphatic heterocycles. The number of benzene rings is 1. The van der Waals surface area contributed by atoms with Crippen molar-refractivity contribution < 1.29 is 5.11 Å². The highest BCUT2D eigenvalue weighted by atomic mass is 16.3. The first-order valence-corrected chi connectivity index (χ1v) is 12.6. The average molecular weight is 391 g/mol. The van der Waals surface area contributed by atoms with E-state index in [-0.39, 0.29) is 5.41 Å². The lowest BCUT2D eigenvalue weighted by atomic mass is 9.42. The Kier molecular flexibility index (Phi) is 3.20. The molecular weight excluding hydrogens is 352 g/mol. The van der Waals surface area contributed by atoms with Crippen LogP contribution in [0.2, 0.25) is 0 Å². The van der Waals surface area contributed by atoms with E-state index in [4.69, 9.17) is 0 Å². The van der Waals surface area contributed by atoms with Gasteiger partial charge in [0.25, 0.3) is 0 Å². The summed E-state index contributed by atoms with van der Waals surface area (Å²) in [5.74, 6) is 4.33. The third-order valence-corrected chi connectivity index (χ3v) is 10.9. The lowest BCUT2D eigenvalue weighted by molar-refractivity contribution is -0.0644. The van der Waals surface area contributed by atoms with E-state index in [1.54, 1.807) is 5.56 Å². The van der Waals surface area contributed by atoms with Gasteiger partial charge in [0.05, 0.1) is 0 Å². The molecule has 156 valence electrons. The van der Waals surface area contributed by atoms with Crippen molar-refractivity contribution in [2.24, 2.45) is 34.5 Å². The molecule has 0 saturated heterocycles. The topological polar surface area (TPSA) is 20.2 Å². The smallest absolute Gasteiger partial charge is 0.119 e. The number of phenolic OH excluding ortho intramolecular Hbond substituents is 1. The van der Waals surface area contributed by atoms with E-state index in [1.807, 2.05) is 0 Å². The standard InChI is InChI=1S/C28H38O/c1-25-8-18-5-19(9-25)13-27(12-18,16-25)22-3-4-24(29)23(7-22)28-14-20-6-21(15-28)11-26(2,10-20)17-28/h3-4,7,18-21,29H,5-6,8-17H2,1-2H3/t18-,19+,20-,21-,25?,26?,27?,28?/m0/s1. The second kappa shape index (κ2) is 5.25. The first-order valence-electron chi connectivity index (χ1n) is 12.6. The van der Waals surface area contributed by atoms with Crippen LogP contribution in [-0.4, -0.2) is 5.11 Å². The Morgan fingerprint density at radius 2 is 1.17 bits per heavy atom. The van der Waals surface area contributed by atoms with Crippen LogP contribution in [0.5, 0.6) is 5.75 Å². The normalized spacial score (nSPS) is 54.3. The van der Waals surface area contributed by atoms with E-state index >= 15 is 0 Å². The molecule has 8 fully saturated rings. The molecule has 0 heterocycles. The van der Waals surface area contributed by atoms with Crippen LogP contribution in [-0.2, 0) is 10.8 Å². The lowest BCUT2D eigenvalue weighted by Gasteiger charge is -2.62. The maximum absolute atomic E-state index is 11.1. The van der Waals surface area contributed by atoms with Crippen molar-refractivity contribution in [3.63, 3.8) is 0 Å². The molecule has 1 N–H and O–H groups in total. The van der Waals surface area contributed by atoms with E-state index in [9.17, 15) is 5.11 Å². The second-order valence-electron chi connectivity index (χ2n) is 13.8. The van der Waals surface area contributed by atoms with Gasteiger partial charge in [-0.2, -0.15) is 0 Å². The first-order chi connectivity index (χ1) is 13.8. The second-order valence-corrected chi connectivity index (χ2v) is 13.8. The van der Waals surface area contributed by atoms with Crippen LogP contribution in [0.4, 0.5) is 0 Å². The van der Waals surface area contributed by atoms with Gasteiger partial charge in [0.2, 0.25) is 0 Å². The minimum absolute atomic E-state index is 0.269. The molecule has 1 aromatic carbocycles. The Morgan fingerprint density at radius 1 is 0.690 bits per heavy atom. The van der Waals surface area contributed by atoms with Crippen LogP contribution in [0.15, 0.2) is 18.2 Å². The number of rotatable bonds is 2. The minimum Gasteiger partial charge on any atom is -0.508 e. The van der Waals surface area contributed by atoms with Gasteiger partial charge in [0, 0.05) is 11.0 Å². The molecule has 9 rings (SSSR count). The highest BCUT2D eigenvalue weighted by Gasteiger charge is 2.59. The van der Waals surface area contributed by atoms with E-state index in [0.29, 0.717) is 22.0 Å². The fourth-order valence-corrected chi connectivity index (χ4v) is 11.4. The Labute approximate surface area is 176 Å². The highest BCUT2D eigenvalue weighted by molar-refractivity contribution is 5.46. The molecule has 29 heavy (non-hydrogen) atoms. The summed E-state index contributed by atoms with van der Waals surface area (Å²) in [6.45, 7) is 5.14. The van der Waals surface area contributed by atoms with Gasteiger partial charge in [0.1, 0.15) is 5.75 Å². The number of hydrogen-bond donors (Lipinski definition) is 1. The maximum Gasteiger partial charge on any atom is 0.119 e. The molecule has 0 aromatic heterocycles. The summed E-state index contributed by atoms with van der Waals surface area (Å²) in [6, 6.07) is 6.99. The van der Waals surface area contributed by atoms with Crippen LogP contribution in [0.25, 0.3) is 0 Å². The predicted octanol–water partition coefficient (Wildman–Crippen LogP) is 7.11. The van der Waals surface area contributed by atoms with E-state index in [2.05, 4.69) is 32.0 Å². The Morgan fingerprint density at radius 3 is 1.69 bits per heavy atom. The summed E-state index contributed by atoms with van der Waals surface area (Å²) in [6.07, 6.45) is 17.0. The molecule has 8 bridgehead atoms. The summed E-state index contributed by atoms with van der Waals surface area (Å²) in [4.78, 5) is 0. The van der Waals surface area contributed by atoms with Crippen molar-refractivity contribution in [3.8, 4) is 5.75 Å². The number of aromatic hydroxyl groups is 1. The molecule has 8 aliphatic rings. The minimum atomic E-state index is 0.269. The summed E-state index contributed by atoms with van der Waals surface area (Å²) in [7, 11) is 0. The van der Waals surface area contributed by atoms with Gasteiger partial charge in [-0.05, 0) is 129 Å². The Bertz CT molecular complexity index is 852. The fraction of sp³-hybridized carbons (Fsp3) is 0.786. The quantitative estimate of drug-likeness (QED) is 0.570. The summed E-state index contributed by atoms with van der Waals surface area (Å²) in [5.41, 5.74) is 4.75. The SMILES string of the molecule is CC12C[C@H]3C[C@@H](C1)CC(c1ccc(O)c(C45C[C@H]6C[C@@H](CC(C)(C6)C4)C5)c1)(C3)C2. The van der Waals surface area contributed by atoms with Crippen LogP contribution in [0.1, 0.15) is 102 Å². The highest BCUT2D eigenvalue weighted by Crippen LogP contribution is 2.68. The van der Waals surface area contributed by atoms with Crippen molar-refractivity contribution in [1.29, 1.82) is 0 Å². The molecule has 0 amide bonds. The molecule has 1 nitrogen and oxygen atoms in total. The van der Waals surface area contributed by atoms with Gasteiger partial charge < -0.3 is 5.11 Å². The summed E-state index contributed by atoms with van der Waals surface area (Å²) in [5, 5.41) is 11.1. The van der Waals surface area contributed by atoms with Gasteiger partial charge in [0.15, 0.2) is 0 Å². The van der Waals surface area contributed by atoms with Crippen LogP contribution >= 0.6 is 0 Å². The summed E-state index contributed by atoms with van der Waals surface area (Å²) < 4.78 is 0. The van der Waals surface area contributed by atoms with Gasteiger partial charge in [-0.25, -0.2) is 0 Å². The van der Waals surface area contributed by atoms with E-state index in [0.717, 1.165) is 23.7 Å². The van der Waals surface area contributed by atoms with Gasteiger partial charge in [-0.15, -0.1) is 0 Å². The molecule has 0 spiro atoms. The van der Waals surface area contributed by atoms with E-state index in [1.165, 1.54) is 82.6 Å². The molecular formula is C28H38O. The molecule has 2 unspecified atom stereocenters. The zero-order valence-corrected chi connectivity index (χ0v) is 18.5. The molecule has 0 radical (unpaired) electrons. The maximum atomic E-state index is 11.1. The van der Waals surface area contributed by atoms with Crippen molar-refractivity contribution in [2.75, 3.05) is 0 Å². The predicted molar refractivity (Wildman–Crippen MR) is 117 cm³/mol. The molecule has 8 saturated carbocycles. The number of phenols is 1. The fourth-order valence-electron chi connectivity index (χ4n) is 11.4. The van der Waals surface area contributed by atoms with Crippen LogP contribution in [0.3, 0.4) is 0 Å². The number of hydrogen-bond acceptors (Lipinski definition) is 1. The van der Waals surface area contributed by atoms with Crippen LogP contribution < -0.4 is 0 Å². The van der Waals surface area contributed by atoms with Crippen molar-refractivity contribution in [3.05, 3.63) is 29.3 Å². The van der Waals surface area contributed by atoms with Gasteiger partial charge in [-0.3, -0.25) is 0 Å². The zero-order valence-electron chi connectivity index (χ0n) is 18.5. The summed E-state index contributed by atoms with van der Waals surface area (Å²) >= 11 is 0. The van der Waals surface area contributed by atoms with Gasteiger partial charge >= 0.3 is 0 Å². The molecule has 1 heteroatoms. The molecule has 8 aliphatic carbocycles. The monoisotopic (exact) mass is 390 g/mol. The lowest BCUT2D eigenvalue weighted by Crippen LogP contribution is -2.54. The van der Waals surface area contributed by atoms with Crippen molar-refractivity contribution in [2.45, 2.75) is 102 Å². The van der Waals surface area contributed by atoms with Gasteiger partial charge in [-0.1, -0.05) is 26.0 Å². The Hall–Kier alpha value is -0.980. The third-order valence-electron chi connectivity index (χ3n) is 10.9. The van der Waals surface area contributed by atoms with Crippen LogP contribution in [0, 0.1) is 34.5 Å². The van der Waals surface area contributed by atoms with Crippen molar-refractivity contribution >= 4 is 0 Å². The third kappa shape index (κ3) is 2.40.